The molecule has 0 spiro atoms. The molecule has 0 aliphatic carbocycles. The molecule has 0 bridgehead atoms. The first-order valence-corrected chi connectivity index (χ1v) is 3.49. The van der Waals surface area contributed by atoms with Gasteiger partial charge in [0.2, 0.25) is 6.41 Å². The van der Waals surface area contributed by atoms with Crippen LogP contribution >= 0.6 is 0 Å². The van der Waals surface area contributed by atoms with Crippen molar-refractivity contribution in [3.63, 3.8) is 0 Å². The summed E-state index contributed by atoms with van der Waals surface area (Å²) < 4.78 is 0. The van der Waals surface area contributed by atoms with Gasteiger partial charge in [-0.15, -0.1) is 0 Å². The number of carbonyl (C=O) groups is 1. The Hall–Kier alpha value is -1.32. The molecule has 0 atom stereocenters. The van der Waals surface area contributed by atoms with Gasteiger partial charge in [0.25, 0.3) is 0 Å². The Morgan fingerprint density at radius 2 is 2.45 bits per heavy atom. The third-order valence-corrected chi connectivity index (χ3v) is 1.43. The molecule has 1 amide bonds. The van der Waals surface area contributed by atoms with E-state index in [1.165, 1.54) is 0 Å². The Morgan fingerprint density at radius 3 is 2.91 bits per heavy atom. The second-order valence-electron chi connectivity index (χ2n) is 2.63. The lowest BCUT2D eigenvalue weighted by Gasteiger charge is -1.95. The summed E-state index contributed by atoms with van der Waals surface area (Å²) in [6.45, 7) is 4.11. The molecule has 0 fully saturated rings. The number of aromatic nitrogens is 2. The third kappa shape index (κ3) is 1.80. The number of amides is 1. The molecule has 11 heavy (non-hydrogen) atoms. The monoisotopic (exact) mass is 153 g/mol. The fourth-order valence-electron chi connectivity index (χ4n) is 0.767. The fourth-order valence-corrected chi connectivity index (χ4v) is 0.767. The molecule has 0 saturated carbocycles. The zero-order chi connectivity index (χ0) is 8.27. The normalized spacial score (nSPS) is 10.1. The van der Waals surface area contributed by atoms with Crippen LogP contribution in [0.5, 0.6) is 0 Å². The molecule has 0 aliphatic rings. The zero-order valence-corrected chi connectivity index (χ0v) is 6.59. The van der Waals surface area contributed by atoms with Gasteiger partial charge in [0.15, 0.2) is 5.82 Å². The minimum atomic E-state index is 0.407. The summed E-state index contributed by atoms with van der Waals surface area (Å²) in [6.07, 6.45) is 0.611. The maximum Gasteiger partial charge on any atom is 0.212 e. The van der Waals surface area contributed by atoms with E-state index < -0.39 is 0 Å². The molecule has 4 heteroatoms. The summed E-state index contributed by atoms with van der Waals surface area (Å²) >= 11 is 0. The van der Waals surface area contributed by atoms with E-state index in [1.54, 1.807) is 0 Å². The summed E-state index contributed by atoms with van der Waals surface area (Å²) in [5, 5.41) is 9.14. The number of hydrogen-bond donors (Lipinski definition) is 2. The lowest BCUT2D eigenvalue weighted by Crippen LogP contribution is -1.92. The van der Waals surface area contributed by atoms with Crippen molar-refractivity contribution in [3.05, 3.63) is 11.8 Å². The molecule has 0 unspecified atom stereocenters. The first-order chi connectivity index (χ1) is 5.24. The van der Waals surface area contributed by atoms with Crippen molar-refractivity contribution >= 4 is 12.2 Å². The number of rotatable bonds is 3. The van der Waals surface area contributed by atoms with Gasteiger partial charge in [0.1, 0.15) is 0 Å². The highest BCUT2D eigenvalue weighted by Crippen LogP contribution is 2.13. The van der Waals surface area contributed by atoms with Crippen molar-refractivity contribution in [2.24, 2.45) is 0 Å². The van der Waals surface area contributed by atoms with Crippen LogP contribution in [0, 0.1) is 0 Å². The summed E-state index contributed by atoms with van der Waals surface area (Å²) in [4.78, 5) is 9.99. The highest BCUT2D eigenvalue weighted by atomic mass is 16.1. The van der Waals surface area contributed by atoms with Crippen molar-refractivity contribution < 1.29 is 4.79 Å². The van der Waals surface area contributed by atoms with Gasteiger partial charge >= 0.3 is 0 Å². The fraction of sp³-hybridized carbons (Fsp3) is 0.429. The summed E-state index contributed by atoms with van der Waals surface area (Å²) in [5.74, 6) is 0.980. The van der Waals surface area contributed by atoms with Gasteiger partial charge in [-0.3, -0.25) is 9.89 Å². The predicted octanol–water partition coefficient (Wildman–Crippen LogP) is 1.10. The Balaban J connectivity index is 2.73. The van der Waals surface area contributed by atoms with Gasteiger partial charge < -0.3 is 5.32 Å². The van der Waals surface area contributed by atoms with Gasteiger partial charge in [0, 0.05) is 11.8 Å². The van der Waals surface area contributed by atoms with Crippen LogP contribution < -0.4 is 5.32 Å². The molecular formula is C7H11N3O. The van der Waals surface area contributed by atoms with Crippen LogP contribution in [0.25, 0.3) is 0 Å². The molecule has 0 aliphatic heterocycles. The molecule has 60 valence electrons. The molecule has 1 rings (SSSR count). The van der Waals surface area contributed by atoms with E-state index in [0.29, 0.717) is 18.1 Å². The summed E-state index contributed by atoms with van der Waals surface area (Å²) in [6, 6.07) is 1.82. The van der Waals surface area contributed by atoms with Crippen molar-refractivity contribution in [2.45, 2.75) is 19.8 Å². The van der Waals surface area contributed by atoms with Crippen LogP contribution in [-0.4, -0.2) is 16.6 Å². The van der Waals surface area contributed by atoms with Crippen molar-refractivity contribution in [3.8, 4) is 0 Å². The minimum Gasteiger partial charge on any atom is -0.312 e. The van der Waals surface area contributed by atoms with Gasteiger partial charge in [-0.05, 0) is 5.92 Å². The van der Waals surface area contributed by atoms with Gasteiger partial charge in [-0.25, -0.2) is 0 Å². The van der Waals surface area contributed by atoms with Crippen molar-refractivity contribution in [1.29, 1.82) is 0 Å². The molecule has 1 aromatic heterocycles. The van der Waals surface area contributed by atoms with E-state index in [-0.39, 0.29) is 0 Å². The molecule has 1 aromatic rings. The second-order valence-corrected chi connectivity index (χ2v) is 2.63. The van der Waals surface area contributed by atoms with Crippen LogP contribution in [0.3, 0.4) is 0 Å². The number of anilines is 1. The smallest absolute Gasteiger partial charge is 0.212 e. The zero-order valence-electron chi connectivity index (χ0n) is 6.59. The number of nitrogens with zero attached hydrogens (tertiary/aromatic N) is 1. The lowest BCUT2D eigenvalue weighted by atomic mass is 10.1. The largest absolute Gasteiger partial charge is 0.312 e. The van der Waals surface area contributed by atoms with E-state index in [4.69, 9.17) is 0 Å². The Kier molecular flexibility index (Phi) is 2.25. The Bertz CT molecular complexity index is 242. The number of H-pyrrole nitrogens is 1. The third-order valence-electron chi connectivity index (χ3n) is 1.43. The average molecular weight is 153 g/mol. The van der Waals surface area contributed by atoms with E-state index in [0.717, 1.165) is 5.69 Å². The van der Waals surface area contributed by atoms with Crippen molar-refractivity contribution in [2.75, 3.05) is 5.32 Å². The highest BCUT2D eigenvalue weighted by Gasteiger charge is 2.02. The maximum absolute atomic E-state index is 9.99. The average Bonchev–Trinajstić information content (AvgIpc) is 2.37. The SMILES string of the molecule is CC(C)c1cc(NC=O)n[nH]1. The van der Waals surface area contributed by atoms with Gasteiger partial charge in [0.05, 0.1) is 0 Å². The van der Waals surface area contributed by atoms with Crippen LogP contribution in [-0.2, 0) is 4.79 Å². The first-order valence-electron chi connectivity index (χ1n) is 3.49. The van der Waals surface area contributed by atoms with E-state index in [1.807, 2.05) is 6.07 Å². The number of aromatic amines is 1. The quantitative estimate of drug-likeness (QED) is 0.639. The first kappa shape index (κ1) is 7.78. The molecule has 1 heterocycles. The van der Waals surface area contributed by atoms with Gasteiger partial charge in [-0.2, -0.15) is 5.10 Å². The van der Waals surface area contributed by atoms with Crippen LogP contribution in [0.15, 0.2) is 6.07 Å². The molecule has 0 aromatic carbocycles. The van der Waals surface area contributed by atoms with E-state index in [2.05, 4.69) is 29.4 Å². The number of carbonyl (C=O) groups excluding carboxylic acids is 1. The minimum absolute atomic E-state index is 0.407. The molecule has 0 saturated heterocycles. The Morgan fingerprint density at radius 1 is 1.73 bits per heavy atom. The lowest BCUT2D eigenvalue weighted by molar-refractivity contribution is -0.105. The highest BCUT2D eigenvalue weighted by molar-refractivity contribution is 5.68. The number of nitrogens with one attached hydrogen (secondary N) is 2. The molecule has 2 N–H and O–H groups in total. The maximum atomic E-state index is 9.99. The summed E-state index contributed by atoms with van der Waals surface area (Å²) in [7, 11) is 0. The number of hydrogen-bond acceptors (Lipinski definition) is 2. The molecule has 0 radical (unpaired) electrons. The Labute approximate surface area is 65.0 Å². The van der Waals surface area contributed by atoms with Crippen LogP contribution in [0.4, 0.5) is 5.82 Å². The summed E-state index contributed by atoms with van der Waals surface area (Å²) in [5.41, 5.74) is 1.02. The topological polar surface area (TPSA) is 57.8 Å². The van der Waals surface area contributed by atoms with Gasteiger partial charge in [-0.1, -0.05) is 13.8 Å². The van der Waals surface area contributed by atoms with Crippen molar-refractivity contribution in [1.82, 2.24) is 10.2 Å². The van der Waals surface area contributed by atoms with E-state index >= 15 is 0 Å². The standard InChI is InChI=1S/C7H11N3O/c1-5(2)6-3-7(8-4-11)10-9-6/h3-5H,1-2H3,(H2,8,9,10,11). The van der Waals surface area contributed by atoms with E-state index in [9.17, 15) is 4.79 Å². The molecular weight excluding hydrogens is 142 g/mol. The van der Waals surface area contributed by atoms with Crippen LogP contribution in [0.2, 0.25) is 0 Å². The predicted molar refractivity (Wildman–Crippen MR) is 42.4 cm³/mol. The van der Waals surface area contributed by atoms with Crippen LogP contribution in [0.1, 0.15) is 25.5 Å². The second kappa shape index (κ2) is 3.18. The molecule has 4 nitrogen and oxygen atoms in total.